The molecule has 2 nitrogen and oxygen atoms in total. The molecule has 1 aliphatic carbocycles. The fourth-order valence-electron chi connectivity index (χ4n) is 2.71. The molecule has 1 fully saturated rings. The van der Waals surface area contributed by atoms with Crippen LogP contribution in [0.4, 0.5) is 5.69 Å². The Bertz CT molecular complexity index is 321. The number of rotatable bonds is 2. The van der Waals surface area contributed by atoms with Crippen molar-refractivity contribution in [3.8, 4) is 0 Å². The average Bonchev–Trinajstić information content (AvgIpc) is 2.26. The first kappa shape index (κ1) is 11.4. The fourth-order valence-corrected chi connectivity index (χ4v) is 2.71. The Morgan fingerprint density at radius 2 is 1.88 bits per heavy atom. The summed E-state index contributed by atoms with van der Waals surface area (Å²) in [5, 5.41) is 3.65. The van der Waals surface area contributed by atoms with Crippen molar-refractivity contribution >= 4 is 5.69 Å². The molecule has 0 bridgehead atoms. The van der Waals surface area contributed by atoms with Crippen molar-refractivity contribution in [1.82, 2.24) is 4.98 Å². The van der Waals surface area contributed by atoms with E-state index >= 15 is 0 Å². The van der Waals surface area contributed by atoms with Crippen LogP contribution in [0.1, 0.15) is 38.8 Å². The van der Waals surface area contributed by atoms with E-state index in [0.29, 0.717) is 6.04 Å². The van der Waals surface area contributed by atoms with Gasteiger partial charge in [0.25, 0.3) is 0 Å². The first-order valence-corrected chi connectivity index (χ1v) is 6.36. The van der Waals surface area contributed by atoms with E-state index < -0.39 is 0 Å². The van der Waals surface area contributed by atoms with Gasteiger partial charge in [-0.1, -0.05) is 20.3 Å². The second-order valence-corrected chi connectivity index (χ2v) is 5.24. The summed E-state index contributed by atoms with van der Waals surface area (Å²) in [5.41, 5.74) is 2.24. The molecule has 0 amide bonds. The van der Waals surface area contributed by atoms with Crippen LogP contribution < -0.4 is 5.32 Å². The minimum absolute atomic E-state index is 0.609. The first-order valence-electron chi connectivity index (χ1n) is 6.36. The van der Waals surface area contributed by atoms with E-state index in [4.69, 9.17) is 0 Å². The fraction of sp³-hybridized carbons (Fsp3) is 0.643. The highest BCUT2D eigenvalue weighted by Crippen LogP contribution is 2.31. The molecule has 1 saturated carbocycles. The van der Waals surface area contributed by atoms with E-state index in [-0.39, 0.29) is 0 Å². The zero-order valence-electron chi connectivity index (χ0n) is 10.5. The summed E-state index contributed by atoms with van der Waals surface area (Å²) in [6.07, 6.45) is 6.03. The second-order valence-electron chi connectivity index (χ2n) is 5.24. The molecule has 1 aromatic heterocycles. The normalized spacial score (nSPS) is 30.1. The Labute approximate surface area is 98.5 Å². The molecule has 1 heterocycles. The third-order valence-electron chi connectivity index (χ3n) is 3.79. The predicted octanol–water partition coefficient (Wildman–Crippen LogP) is 3.63. The van der Waals surface area contributed by atoms with Gasteiger partial charge >= 0.3 is 0 Å². The molecule has 0 aliphatic heterocycles. The van der Waals surface area contributed by atoms with Gasteiger partial charge in [0.2, 0.25) is 0 Å². The number of nitrogens with zero attached hydrogens (tertiary/aromatic N) is 1. The monoisotopic (exact) mass is 218 g/mol. The highest BCUT2D eigenvalue weighted by molar-refractivity contribution is 5.42. The van der Waals surface area contributed by atoms with Crippen LogP contribution in [0.5, 0.6) is 0 Å². The largest absolute Gasteiger partial charge is 0.381 e. The maximum absolute atomic E-state index is 4.33. The number of hydrogen-bond acceptors (Lipinski definition) is 2. The minimum Gasteiger partial charge on any atom is -0.381 e. The van der Waals surface area contributed by atoms with Crippen LogP contribution in [0.2, 0.25) is 0 Å². The van der Waals surface area contributed by atoms with Crippen molar-refractivity contribution in [2.24, 2.45) is 11.8 Å². The van der Waals surface area contributed by atoms with E-state index in [2.05, 4.69) is 36.3 Å². The smallest absolute Gasteiger partial charge is 0.0529 e. The molecule has 88 valence electrons. The van der Waals surface area contributed by atoms with E-state index in [1.165, 1.54) is 19.3 Å². The van der Waals surface area contributed by atoms with E-state index in [0.717, 1.165) is 23.2 Å². The van der Waals surface area contributed by atoms with Crippen LogP contribution in [0, 0.1) is 18.8 Å². The van der Waals surface area contributed by atoms with Gasteiger partial charge in [-0.25, -0.2) is 0 Å². The van der Waals surface area contributed by atoms with Crippen LogP contribution in [0.25, 0.3) is 0 Å². The Balaban J connectivity index is 2.04. The number of aromatic nitrogens is 1. The predicted molar refractivity (Wildman–Crippen MR) is 68.6 cm³/mol. The van der Waals surface area contributed by atoms with Crippen molar-refractivity contribution in [2.45, 2.75) is 46.1 Å². The Hall–Kier alpha value is -1.05. The molecule has 1 N–H and O–H groups in total. The van der Waals surface area contributed by atoms with Crippen molar-refractivity contribution in [2.75, 3.05) is 5.32 Å². The Kier molecular flexibility index (Phi) is 3.47. The maximum Gasteiger partial charge on any atom is 0.0529 e. The quantitative estimate of drug-likeness (QED) is 0.820. The molecule has 1 aliphatic rings. The summed E-state index contributed by atoms with van der Waals surface area (Å²) in [7, 11) is 0. The lowest BCUT2D eigenvalue weighted by Gasteiger charge is -2.35. The average molecular weight is 218 g/mol. The van der Waals surface area contributed by atoms with Crippen molar-refractivity contribution in [3.05, 3.63) is 24.0 Å². The second kappa shape index (κ2) is 4.86. The molecule has 2 atom stereocenters. The summed E-state index contributed by atoms with van der Waals surface area (Å²) >= 11 is 0. The van der Waals surface area contributed by atoms with E-state index in [1.54, 1.807) is 0 Å². The summed E-state index contributed by atoms with van der Waals surface area (Å²) in [4.78, 5) is 4.33. The number of anilines is 1. The molecule has 16 heavy (non-hydrogen) atoms. The standard InChI is InChI=1S/C14H22N2/c1-10-5-4-6-11(2)14(10)16-13-8-7-12(3)15-9-13/h7-11,14,16H,4-6H2,1-3H3. The third kappa shape index (κ3) is 2.55. The molecule has 0 saturated heterocycles. The minimum atomic E-state index is 0.609. The zero-order chi connectivity index (χ0) is 11.5. The van der Waals surface area contributed by atoms with Gasteiger partial charge in [0.05, 0.1) is 11.9 Å². The lowest BCUT2D eigenvalue weighted by atomic mass is 9.78. The van der Waals surface area contributed by atoms with Gasteiger partial charge < -0.3 is 5.32 Å². The third-order valence-corrected chi connectivity index (χ3v) is 3.79. The van der Waals surface area contributed by atoms with Gasteiger partial charge in [-0.15, -0.1) is 0 Å². The summed E-state index contributed by atoms with van der Waals surface area (Å²) < 4.78 is 0. The van der Waals surface area contributed by atoms with Gasteiger partial charge in [-0.05, 0) is 43.7 Å². The molecule has 1 aromatic rings. The van der Waals surface area contributed by atoms with Crippen LogP contribution >= 0.6 is 0 Å². The van der Waals surface area contributed by atoms with Crippen molar-refractivity contribution in [1.29, 1.82) is 0 Å². The molecule has 0 radical (unpaired) electrons. The lowest BCUT2D eigenvalue weighted by molar-refractivity contribution is 0.268. The van der Waals surface area contributed by atoms with Crippen LogP contribution in [-0.2, 0) is 0 Å². The van der Waals surface area contributed by atoms with Crippen LogP contribution in [-0.4, -0.2) is 11.0 Å². The number of hydrogen-bond donors (Lipinski definition) is 1. The Morgan fingerprint density at radius 1 is 1.19 bits per heavy atom. The highest BCUT2D eigenvalue weighted by Gasteiger charge is 2.27. The lowest BCUT2D eigenvalue weighted by Crippen LogP contribution is -2.37. The SMILES string of the molecule is Cc1ccc(NC2C(C)CCCC2C)cn1. The Morgan fingerprint density at radius 3 is 2.44 bits per heavy atom. The van der Waals surface area contributed by atoms with Crippen molar-refractivity contribution in [3.63, 3.8) is 0 Å². The number of aryl methyl sites for hydroxylation is 1. The highest BCUT2D eigenvalue weighted by atomic mass is 14.9. The molecular weight excluding hydrogens is 196 g/mol. The number of pyridine rings is 1. The summed E-state index contributed by atoms with van der Waals surface area (Å²) in [6.45, 7) is 6.74. The molecular formula is C14H22N2. The number of nitrogens with one attached hydrogen (secondary N) is 1. The van der Waals surface area contributed by atoms with Crippen molar-refractivity contribution < 1.29 is 0 Å². The summed E-state index contributed by atoms with van der Waals surface area (Å²) in [5.74, 6) is 1.54. The molecule has 0 aromatic carbocycles. The summed E-state index contributed by atoms with van der Waals surface area (Å²) in [6, 6.07) is 4.81. The topological polar surface area (TPSA) is 24.9 Å². The maximum atomic E-state index is 4.33. The van der Waals surface area contributed by atoms with E-state index in [9.17, 15) is 0 Å². The van der Waals surface area contributed by atoms with Gasteiger partial charge in [0.1, 0.15) is 0 Å². The zero-order valence-corrected chi connectivity index (χ0v) is 10.5. The van der Waals surface area contributed by atoms with Crippen LogP contribution in [0.15, 0.2) is 18.3 Å². The first-order chi connectivity index (χ1) is 7.66. The van der Waals surface area contributed by atoms with Gasteiger partial charge in [-0.2, -0.15) is 0 Å². The molecule has 2 rings (SSSR count). The van der Waals surface area contributed by atoms with E-state index in [1.807, 2.05) is 13.1 Å². The molecule has 2 unspecified atom stereocenters. The van der Waals surface area contributed by atoms with Gasteiger partial charge in [0.15, 0.2) is 0 Å². The van der Waals surface area contributed by atoms with Gasteiger partial charge in [-0.3, -0.25) is 4.98 Å². The van der Waals surface area contributed by atoms with Crippen LogP contribution in [0.3, 0.4) is 0 Å². The molecule has 2 heteroatoms. The molecule has 0 spiro atoms. The van der Waals surface area contributed by atoms with Gasteiger partial charge in [0, 0.05) is 11.7 Å².